The van der Waals surface area contributed by atoms with Crippen molar-refractivity contribution >= 4 is 17.6 Å². The van der Waals surface area contributed by atoms with Crippen LogP contribution in [-0.4, -0.2) is 28.9 Å². The van der Waals surface area contributed by atoms with Gasteiger partial charge in [0.1, 0.15) is 0 Å². The van der Waals surface area contributed by atoms with E-state index < -0.39 is 17.0 Å². The van der Waals surface area contributed by atoms with Crippen LogP contribution in [-0.2, 0) is 9.53 Å². The number of non-ortho nitro benzene ring substituents is 1. The largest absolute Gasteiger partial charge is 0.449 e. The minimum atomic E-state index is -0.890. The van der Waals surface area contributed by atoms with Crippen LogP contribution in [0.2, 0.25) is 0 Å². The molecule has 0 aliphatic heterocycles. The van der Waals surface area contributed by atoms with Gasteiger partial charge in [-0.1, -0.05) is 0 Å². The Morgan fingerprint density at radius 2 is 1.95 bits per heavy atom. The zero-order chi connectivity index (χ0) is 14.7. The maximum Gasteiger partial charge on any atom is 0.338 e. The van der Waals surface area contributed by atoms with Crippen LogP contribution in [0.15, 0.2) is 24.3 Å². The first-order valence-electron chi connectivity index (χ1n) is 6.23. The van der Waals surface area contributed by atoms with Gasteiger partial charge in [0.25, 0.3) is 11.6 Å². The highest BCUT2D eigenvalue weighted by Crippen LogP contribution is 2.19. The van der Waals surface area contributed by atoms with Gasteiger partial charge in [-0.15, -0.1) is 0 Å². The summed E-state index contributed by atoms with van der Waals surface area (Å²) >= 11 is 0. The first-order chi connectivity index (χ1) is 9.47. The first kappa shape index (κ1) is 14.0. The van der Waals surface area contributed by atoms with Crippen molar-refractivity contribution in [2.75, 3.05) is 0 Å². The van der Waals surface area contributed by atoms with Crippen molar-refractivity contribution in [2.45, 2.75) is 31.9 Å². The zero-order valence-corrected chi connectivity index (χ0v) is 10.9. The summed E-state index contributed by atoms with van der Waals surface area (Å²) in [6.45, 7) is 1.49. The summed E-state index contributed by atoms with van der Waals surface area (Å²) in [5.41, 5.74) is 0.0581. The van der Waals surface area contributed by atoms with Gasteiger partial charge in [0.15, 0.2) is 6.10 Å². The Morgan fingerprint density at radius 3 is 2.45 bits per heavy atom. The van der Waals surface area contributed by atoms with Gasteiger partial charge in [-0.2, -0.15) is 0 Å². The van der Waals surface area contributed by atoms with Crippen molar-refractivity contribution in [1.29, 1.82) is 0 Å². The first-order valence-corrected chi connectivity index (χ1v) is 6.23. The van der Waals surface area contributed by atoms with Crippen molar-refractivity contribution in [3.8, 4) is 0 Å². The van der Waals surface area contributed by atoms with Crippen LogP contribution >= 0.6 is 0 Å². The quantitative estimate of drug-likeness (QED) is 0.499. The van der Waals surface area contributed by atoms with Gasteiger partial charge >= 0.3 is 5.97 Å². The monoisotopic (exact) mass is 278 g/mol. The molecular weight excluding hydrogens is 264 g/mol. The van der Waals surface area contributed by atoms with E-state index in [9.17, 15) is 19.7 Å². The summed E-state index contributed by atoms with van der Waals surface area (Å²) < 4.78 is 5.01. The average Bonchev–Trinajstić information content (AvgIpc) is 3.22. The summed E-state index contributed by atoms with van der Waals surface area (Å²) in [6, 6.07) is 5.22. The SMILES string of the molecule is C[C@H](OC(=O)c1ccc([N+](=O)[O-])cc1)C(=O)NC1CC1. The average molecular weight is 278 g/mol. The maximum absolute atomic E-state index is 11.8. The molecule has 2 rings (SSSR count). The molecule has 1 N–H and O–H groups in total. The van der Waals surface area contributed by atoms with E-state index in [-0.39, 0.29) is 23.2 Å². The van der Waals surface area contributed by atoms with Gasteiger partial charge in [-0.3, -0.25) is 14.9 Å². The molecule has 7 heteroatoms. The molecule has 0 heterocycles. The Labute approximate surface area is 115 Å². The van der Waals surface area contributed by atoms with E-state index in [2.05, 4.69) is 5.32 Å². The molecule has 0 bridgehead atoms. The second-order valence-electron chi connectivity index (χ2n) is 4.63. The van der Waals surface area contributed by atoms with Crippen molar-refractivity contribution in [3.63, 3.8) is 0 Å². The standard InChI is InChI=1S/C13H14N2O5/c1-8(12(16)14-10-4-5-10)20-13(17)9-2-6-11(7-3-9)15(18)19/h2-3,6-8,10H,4-5H2,1H3,(H,14,16)/t8-/m0/s1. The van der Waals surface area contributed by atoms with E-state index in [4.69, 9.17) is 4.74 Å². The second kappa shape index (κ2) is 5.68. The Morgan fingerprint density at radius 1 is 1.35 bits per heavy atom. The third kappa shape index (κ3) is 3.53. The number of benzene rings is 1. The topological polar surface area (TPSA) is 98.5 Å². The minimum Gasteiger partial charge on any atom is -0.449 e. The third-order valence-corrected chi connectivity index (χ3v) is 2.89. The van der Waals surface area contributed by atoms with Crippen molar-refractivity contribution in [3.05, 3.63) is 39.9 Å². The van der Waals surface area contributed by atoms with Crippen LogP contribution in [0.25, 0.3) is 0 Å². The number of nitro benzene ring substituents is 1. The van der Waals surface area contributed by atoms with Crippen molar-refractivity contribution in [1.82, 2.24) is 5.32 Å². The highest BCUT2D eigenvalue weighted by molar-refractivity contribution is 5.92. The summed E-state index contributed by atoms with van der Waals surface area (Å²) in [6.07, 6.45) is 1.02. The number of hydrogen-bond donors (Lipinski definition) is 1. The highest BCUT2D eigenvalue weighted by Gasteiger charge is 2.27. The highest BCUT2D eigenvalue weighted by atomic mass is 16.6. The molecule has 1 amide bonds. The number of esters is 1. The number of nitrogens with zero attached hydrogens (tertiary/aromatic N) is 1. The Bertz CT molecular complexity index is 536. The van der Waals surface area contributed by atoms with Crippen LogP contribution in [0.5, 0.6) is 0 Å². The Kier molecular flexibility index (Phi) is 3.97. The van der Waals surface area contributed by atoms with Crippen LogP contribution in [0, 0.1) is 10.1 Å². The number of rotatable bonds is 5. The van der Waals surface area contributed by atoms with Crippen LogP contribution in [0.1, 0.15) is 30.1 Å². The Hall–Kier alpha value is -2.44. The molecule has 106 valence electrons. The normalized spacial score (nSPS) is 15.2. The number of carbonyl (C=O) groups excluding carboxylic acids is 2. The zero-order valence-electron chi connectivity index (χ0n) is 10.9. The van der Waals surface area contributed by atoms with E-state index in [1.54, 1.807) is 0 Å². The van der Waals surface area contributed by atoms with Gasteiger partial charge in [0.05, 0.1) is 10.5 Å². The fourth-order valence-electron chi connectivity index (χ4n) is 1.55. The van der Waals surface area contributed by atoms with E-state index in [1.807, 2.05) is 0 Å². The van der Waals surface area contributed by atoms with Crippen molar-refractivity contribution < 1.29 is 19.2 Å². The maximum atomic E-state index is 11.8. The molecule has 0 radical (unpaired) electrons. The summed E-state index contributed by atoms with van der Waals surface area (Å²) in [5, 5.41) is 13.2. The molecule has 1 atom stereocenters. The van der Waals surface area contributed by atoms with Crippen LogP contribution in [0.4, 0.5) is 5.69 Å². The van der Waals surface area contributed by atoms with Crippen LogP contribution in [0.3, 0.4) is 0 Å². The molecule has 1 aliphatic rings. The van der Waals surface area contributed by atoms with Gasteiger partial charge in [-0.25, -0.2) is 4.79 Å². The molecule has 1 aromatic carbocycles. The number of hydrogen-bond acceptors (Lipinski definition) is 5. The summed E-state index contributed by atoms with van der Waals surface area (Å²) in [7, 11) is 0. The predicted molar refractivity (Wildman–Crippen MR) is 69.1 cm³/mol. The van der Waals surface area contributed by atoms with Gasteiger partial charge < -0.3 is 10.1 Å². The lowest BCUT2D eigenvalue weighted by molar-refractivity contribution is -0.384. The van der Waals surface area contributed by atoms with E-state index in [0.717, 1.165) is 12.8 Å². The number of nitrogens with one attached hydrogen (secondary N) is 1. The van der Waals surface area contributed by atoms with E-state index in [0.29, 0.717) is 0 Å². The fraction of sp³-hybridized carbons (Fsp3) is 0.385. The molecule has 1 fully saturated rings. The lowest BCUT2D eigenvalue weighted by Gasteiger charge is -2.13. The predicted octanol–water partition coefficient (Wildman–Crippen LogP) is 1.42. The fourth-order valence-corrected chi connectivity index (χ4v) is 1.55. The molecular formula is C13H14N2O5. The van der Waals surface area contributed by atoms with Crippen LogP contribution < -0.4 is 5.32 Å². The molecule has 20 heavy (non-hydrogen) atoms. The molecule has 7 nitrogen and oxygen atoms in total. The third-order valence-electron chi connectivity index (χ3n) is 2.89. The van der Waals surface area contributed by atoms with E-state index in [1.165, 1.54) is 31.2 Å². The second-order valence-corrected chi connectivity index (χ2v) is 4.63. The summed E-state index contributed by atoms with van der Waals surface area (Å²) in [5.74, 6) is -1.01. The molecule has 0 spiro atoms. The number of amides is 1. The molecule has 0 aromatic heterocycles. The molecule has 1 aromatic rings. The number of carbonyl (C=O) groups is 2. The van der Waals surface area contributed by atoms with Gasteiger partial charge in [0, 0.05) is 18.2 Å². The molecule has 1 saturated carbocycles. The van der Waals surface area contributed by atoms with Gasteiger partial charge in [-0.05, 0) is 31.9 Å². The molecule has 0 unspecified atom stereocenters. The van der Waals surface area contributed by atoms with Crippen molar-refractivity contribution in [2.24, 2.45) is 0 Å². The number of nitro groups is 1. The smallest absolute Gasteiger partial charge is 0.338 e. The van der Waals surface area contributed by atoms with Gasteiger partial charge in [0.2, 0.25) is 0 Å². The number of ether oxygens (including phenoxy) is 1. The summed E-state index contributed by atoms with van der Waals surface area (Å²) in [4.78, 5) is 33.3. The lowest BCUT2D eigenvalue weighted by atomic mass is 10.2. The van der Waals surface area contributed by atoms with E-state index >= 15 is 0 Å². The molecule has 1 aliphatic carbocycles. The lowest BCUT2D eigenvalue weighted by Crippen LogP contribution is -2.37. The Balaban J connectivity index is 1.92. The molecule has 0 saturated heterocycles. The minimum absolute atomic E-state index is 0.110.